The summed E-state index contributed by atoms with van der Waals surface area (Å²) in [6.07, 6.45) is -0.0639. The van der Waals surface area contributed by atoms with Crippen molar-refractivity contribution in [2.75, 3.05) is 0 Å². The number of hydrogen-bond acceptors (Lipinski definition) is 2. The zero-order valence-electron chi connectivity index (χ0n) is 10.0. The lowest BCUT2D eigenvalue weighted by Gasteiger charge is -2.23. The van der Waals surface area contributed by atoms with Crippen LogP contribution in [0.4, 0.5) is 17.6 Å². The SMILES string of the molecule is CCC.CCCCC(F)(F)C(F)(F)S(=O)(=O)O. The van der Waals surface area contributed by atoms with Crippen LogP contribution in [-0.2, 0) is 10.1 Å². The number of unbranched alkanes of at least 4 members (excludes halogenated alkanes) is 1. The highest BCUT2D eigenvalue weighted by atomic mass is 32.2. The maximum atomic E-state index is 12.6. The van der Waals surface area contributed by atoms with Gasteiger partial charge in [-0.25, -0.2) is 0 Å². The molecule has 0 aliphatic carbocycles. The Morgan fingerprint density at radius 2 is 1.41 bits per heavy atom. The molecule has 0 fully saturated rings. The number of alkyl halides is 4. The lowest BCUT2D eigenvalue weighted by atomic mass is 10.1. The van der Waals surface area contributed by atoms with Crippen molar-refractivity contribution in [2.45, 2.75) is 57.6 Å². The van der Waals surface area contributed by atoms with Gasteiger partial charge in [-0.15, -0.1) is 0 Å². The highest BCUT2D eigenvalue weighted by molar-refractivity contribution is 7.87. The van der Waals surface area contributed by atoms with Crippen LogP contribution in [0, 0.1) is 0 Å². The first kappa shape index (κ1) is 19.0. The summed E-state index contributed by atoms with van der Waals surface area (Å²) in [5, 5.41) is -5.42. The summed E-state index contributed by atoms with van der Waals surface area (Å²) >= 11 is 0. The first-order chi connectivity index (χ1) is 7.47. The molecule has 17 heavy (non-hydrogen) atoms. The lowest BCUT2D eigenvalue weighted by Crippen LogP contribution is -2.46. The molecular weight excluding hydrogens is 264 g/mol. The van der Waals surface area contributed by atoms with E-state index in [0.29, 0.717) is 0 Å². The molecule has 0 bridgehead atoms. The molecule has 106 valence electrons. The second-order valence-electron chi connectivity index (χ2n) is 3.51. The van der Waals surface area contributed by atoms with Crippen LogP contribution >= 0.6 is 0 Å². The molecule has 0 unspecified atom stereocenters. The summed E-state index contributed by atoms with van der Waals surface area (Å²) in [6, 6.07) is 0. The average Bonchev–Trinajstić information content (AvgIpc) is 2.14. The molecule has 0 heterocycles. The number of hydrogen-bond donors (Lipinski definition) is 1. The molecule has 0 amide bonds. The van der Waals surface area contributed by atoms with Crippen molar-refractivity contribution in [1.29, 1.82) is 0 Å². The summed E-state index contributed by atoms with van der Waals surface area (Å²) in [4.78, 5) is 0. The summed E-state index contributed by atoms with van der Waals surface area (Å²) < 4.78 is 78.0. The fourth-order valence-electron chi connectivity index (χ4n) is 0.733. The summed E-state index contributed by atoms with van der Waals surface area (Å²) in [5.74, 6) is -4.74. The zero-order chi connectivity index (χ0) is 14.3. The summed E-state index contributed by atoms with van der Waals surface area (Å²) in [7, 11) is -6.07. The van der Waals surface area contributed by atoms with Crippen molar-refractivity contribution in [3.63, 3.8) is 0 Å². The smallest absolute Gasteiger partial charge is 0.281 e. The van der Waals surface area contributed by atoms with E-state index in [1.54, 1.807) is 0 Å². The molecule has 0 spiro atoms. The molecule has 0 aromatic rings. The number of rotatable bonds is 5. The standard InChI is InChI=1S/C6H10F4O3S.C3H8/c1-2-3-4-5(7,8)6(9,10)14(11,12)13;1-3-2/h2-4H2,1H3,(H,11,12,13);3H2,1-2H3. The van der Waals surface area contributed by atoms with Crippen molar-refractivity contribution in [3.05, 3.63) is 0 Å². The zero-order valence-corrected chi connectivity index (χ0v) is 10.8. The summed E-state index contributed by atoms with van der Waals surface area (Å²) in [6.45, 7) is 5.74. The Balaban J connectivity index is 0. The Bertz CT molecular complexity index is 301. The molecule has 8 heteroatoms. The quantitative estimate of drug-likeness (QED) is 0.617. The van der Waals surface area contributed by atoms with Gasteiger partial charge >= 0.3 is 21.3 Å². The van der Waals surface area contributed by atoms with Crippen LogP contribution in [0.25, 0.3) is 0 Å². The van der Waals surface area contributed by atoms with Crippen LogP contribution in [0.15, 0.2) is 0 Å². The Hall–Kier alpha value is -0.370. The molecule has 0 aromatic carbocycles. The Morgan fingerprint density at radius 1 is 1.06 bits per heavy atom. The van der Waals surface area contributed by atoms with Crippen LogP contribution in [0.1, 0.15) is 46.5 Å². The summed E-state index contributed by atoms with van der Waals surface area (Å²) in [5.41, 5.74) is 0. The van der Waals surface area contributed by atoms with Crippen LogP contribution in [0.3, 0.4) is 0 Å². The third kappa shape index (κ3) is 5.67. The first-order valence-electron chi connectivity index (χ1n) is 5.20. The van der Waals surface area contributed by atoms with Crippen LogP contribution in [0.5, 0.6) is 0 Å². The molecule has 0 atom stereocenters. The van der Waals surface area contributed by atoms with E-state index in [0.717, 1.165) is 0 Å². The van der Waals surface area contributed by atoms with Gasteiger partial charge in [-0.3, -0.25) is 4.55 Å². The predicted molar refractivity (Wildman–Crippen MR) is 56.9 cm³/mol. The molecule has 0 saturated heterocycles. The van der Waals surface area contributed by atoms with Gasteiger partial charge in [-0.05, 0) is 6.42 Å². The minimum absolute atomic E-state index is 0.219. The van der Waals surface area contributed by atoms with Gasteiger partial charge in [-0.2, -0.15) is 26.0 Å². The van der Waals surface area contributed by atoms with Crippen LogP contribution in [-0.4, -0.2) is 24.1 Å². The normalized spacial score (nSPS) is 12.9. The van der Waals surface area contributed by atoms with Gasteiger partial charge in [0.05, 0.1) is 0 Å². The van der Waals surface area contributed by atoms with Crippen molar-refractivity contribution < 1.29 is 30.5 Å². The second kappa shape index (κ2) is 7.15. The van der Waals surface area contributed by atoms with Gasteiger partial charge in [0.2, 0.25) is 0 Å². The van der Waals surface area contributed by atoms with Crippen molar-refractivity contribution in [2.24, 2.45) is 0 Å². The lowest BCUT2D eigenvalue weighted by molar-refractivity contribution is -0.164. The first-order valence-corrected chi connectivity index (χ1v) is 6.64. The average molecular weight is 282 g/mol. The number of halogens is 4. The van der Waals surface area contributed by atoms with Gasteiger partial charge in [0, 0.05) is 6.42 Å². The Labute approximate surface area is 99.0 Å². The largest absolute Gasteiger partial charge is 0.431 e. The third-order valence-corrected chi connectivity index (χ3v) is 2.54. The molecule has 0 aromatic heterocycles. The Morgan fingerprint density at radius 3 is 1.65 bits per heavy atom. The van der Waals surface area contributed by atoms with E-state index in [9.17, 15) is 26.0 Å². The van der Waals surface area contributed by atoms with Crippen molar-refractivity contribution in [3.8, 4) is 0 Å². The van der Waals surface area contributed by atoms with Crippen molar-refractivity contribution in [1.82, 2.24) is 0 Å². The molecular formula is C9H18F4O3S. The van der Waals surface area contributed by atoms with E-state index >= 15 is 0 Å². The molecule has 1 N–H and O–H groups in total. The van der Waals surface area contributed by atoms with Gasteiger partial charge < -0.3 is 0 Å². The molecule has 0 saturated carbocycles. The van der Waals surface area contributed by atoms with E-state index in [1.807, 2.05) is 0 Å². The highest BCUT2D eigenvalue weighted by Crippen LogP contribution is 2.41. The topological polar surface area (TPSA) is 54.4 Å². The second-order valence-corrected chi connectivity index (χ2v) is 4.97. The van der Waals surface area contributed by atoms with E-state index in [2.05, 4.69) is 13.8 Å². The molecule has 0 aliphatic rings. The van der Waals surface area contributed by atoms with E-state index in [4.69, 9.17) is 4.55 Å². The molecule has 3 nitrogen and oxygen atoms in total. The third-order valence-electron chi connectivity index (χ3n) is 1.59. The van der Waals surface area contributed by atoms with Gasteiger partial charge in [0.1, 0.15) is 0 Å². The maximum absolute atomic E-state index is 12.6. The fraction of sp³-hybridized carbons (Fsp3) is 1.00. The monoisotopic (exact) mass is 282 g/mol. The minimum Gasteiger partial charge on any atom is -0.281 e. The van der Waals surface area contributed by atoms with Gasteiger partial charge in [0.15, 0.2) is 0 Å². The highest BCUT2D eigenvalue weighted by Gasteiger charge is 2.64. The van der Waals surface area contributed by atoms with Gasteiger partial charge in [0.25, 0.3) is 0 Å². The predicted octanol–water partition coefficient (Wildman–Crippen LogP) is 3.71. The van der Waals surface area contributed by atoms with E-state index < -0.39 is 27.7 Å². The van der Waals surface area contributed by atoms with Gasteiger partial charge in [-0.1, -0.05) is 33.6 Å². The molecule has 0 radical (unpaired) electrons. The van der Waals surface area contributed by atoms with Crippen LogP contribution in [0.2, 0.25) is 0 Å². The Kier molecular flexibility index (Phi) is 7.98. The molecule has 0 aliphatic heterocycles. The van der Waals surface area contributed by atoms with E-state index in [-0.39, 0.29) is 12.8 Å². The fourth-order valence-corrected chi connectivity index (χ4v) is 1.21. The maximum Gasteiger partial charge on any atom is 0.431 e. The van der Waals surface area contributed by atoms with Crippen LogP contribution < -0.4 is 0 Å². The minimum atomic E-state index is -6.07. The van der Waals surface area contributed by atoms with Crippen molar-refractivity contribution >= 4 is 10.1 Å². The van der Waals surface area contributed by atoms with E-state index in [1.165, 1.54) is 13.3 Å². The molecule has 0 rings (SSSR count).